The monoisotopic (exact) mass is 369 g/mol. The maximum atomic E-state index is 13.4. The van der Waals surface area contributed by atoms with Gasteiger partial charge in [0.15, 0.2) is 0 Å². The fraction of sp³-hybridized carbons (Fsp3) is 0.0435. The zero-order valence-electron chi connectivity index (χ0n) is 14.9. The van der Waals surface area contributed by atoms with Gasteiger partial charge in [-0.25, -0.2) is 9.07 Å². The maximum absolute atomic E-state index is 13.4. The lowest BCUT2D eigenvalue weighted by molar-refractivity contribution is 0.277. The van der Waals surface area contributed by atoms with Gasteiger partial charge in [-0.3, -0.25) is 4.98 Å². The number of halogens is 1. The van der Waals surface area contributed by atoms with E-state index in [1.807, 2.05) is 36.5 Å². The largest absolute Gasteiger partial charge is 0.390 e. The number of hydrogen-bond acceptors (Lipinski definition) is 3. The highest BCUT2D eigenvalue weighted by atomic mass is 19.1. The number of aliphatic hydroxyl groups excluding tert-OH is 1. The summed E-state index contributed by atoms with van der Waals surface area (Å²) in [6, 6.07) is 20.3. The lowest BCUT2D eigenvalue weighted by Gasteiger charge is -2.10. The van der Waals surface area contributed by atoms with E-state index in [0.717, 1.165) is 38.5 Å². The second-order valence-electron chi connectivity index (χ2n) is 6.60. The Morgan fingerprint density at radius 3 is 2.43 bits per heavy atom. The Morgan fingerprint density at radius 2 is 1.68 bits per heavy atom. The van der Waals surface area contributed by atoms with Crippen molar-refractivity contribution in [1.29, 1.82) is 0 Å². The Balaban J connectivity index is 1.91. The van der Waals surface area contributed by atoms with E-state index in [2.05, 4.69) is 22.2 Å². The number of rotatable bonds is 3. The number of benzene rings is 3. The quantitative estimate of drug-likeness (QED) is 0.493. The standard InChI is InChI=1S/C23H16FN3O/c24-16-6-8-17(9-7-16)27-23-18-10-11-25-13-21(18)19(15-4-2-1-3-5-15)12-20(23)22(14-28)26-27/h1-13,28H,14H2. The lowest BCUT2D eigenvalue weighted by atomic mass is 9.96. The first-order chi connectivity index (χ1) is 13.8. The number of hydrogen-bond donors (Lipinski definition) is 1. The van der Waals surface area contributed by atoms with E-state index >= 15 is 0 Å². The molecule has 2 aromatic heterocycles. The zero-order valence-corrected chi connectivity index (χ0v) is 14.9. The molecule has 0 atom stereocenters. The van der Waals surface area contributed by atoms with Crippen LogP contribution in [0.1, 0.15) is 5.69 Å². The van der Waals surface area contributed by atoms with Crippen LogP contribution in [-0.4, -0.2) is 19.9 Å². The van der Waals surface area contributed by atoms with E-state index in [-0.39, 0.29) is 12.4 Å². The van der Waals surface area contributed by atoms with Crippen molar-refractivity contribution in [3.63, 3.8) is 0 Å². The summed E-state index contributed by atoms with van der Waals surface area (Å²) in [6.07, 6.45) is 3.59. The molecule has 0 unspecified atom stereocenters. The molecule has 5 aromatic rings. The third kappa shape index (κ3) is 2.56. The van der Waals surface area contributed by atoms with Crippen LogP contribution in [0.4, 0.5) is 4.39 Å². The first kappa shape index (κ1) is 16.6. The molecule has 0 aliphatic heterocycles. The van der Waals surface area contributed by atoms with Gasteiger partial charge in [0.05, 0.1) is 23.5 Å². The summed E-state index contributed by atoms with van der Waals surface area (Å²) < 4.78 is 15.2. The van der Waals surface area contributed by atoms with E-state index in [1.165, 1.54) is 12.1 Å². The molecule has 0 spiro atoms. The van der Waals surface area contributed by atoms with Gasteiger partial charge in [-0.1, -0.05) is 30.3 Å². The van der Waals surface area contributed by atoms with Gasteiger partial charge in [-0.05, 0) is 47.5 Å². The summed E-state index contributed by atoms with van der Waals surface area (Å²) in [4.78, 5) is 4.32. The summed E-state index contributed by atoms with van der Waals surface area (Å²) in [5, 5.41) is 17.4. The van der Waals surface area contributed by atoms with Crippen LogP contribution in [-0.2, 0) is 6.61 Å². The Labute approximate surface area is 160 Å². The molecule has 2 heterocycles. The molecule has 0 aliphatic carbocycles. The fourth-order valence-corrected chi connectivity index (χ4v) is 3.67. The highest BCUT2D eigenvalue weighted by molar-refractivity contribution is 6.13. The highest BCUT2D eigenvalue weighted by Crippen LogP contribution is 2.36. The zero-order chi connectivity index (χ0) is 19.1. The normalized spacial score (nSPS) is 11.4. The SMILES string of the molecule is OCc1nn(-c2ccc(F)cc2)c2c1cc(-c1ccccc1)c1cnccc12. The molecule has 0 aliphatic rings. The molecule has 3 aromatic carbocycles. The molecule has 0 saturated carbocycles. The molecule has 5 heteroatoms. The van der Waals surface area contributed by atoms with Crippen LogP contribution in [0.25, 0.3) is 38.5 Å². The summed E-state index contributed by atoms with van der Waals surface area (Å²) in [7, 11) is 0. The van der Waals surface area contributed by atoms with Crippen molar-refractivity contribution in [3.05, 3.63) is 90.6 Å². The first-order valence-electron chi connectivity index (χ1n) is 8.97. The number of aromatic nitrogens is 3. The van der Waals surface area contributed by atoms with Gasteiger partial charge in [0, 0.05) is 28.6 Å². The Kier molecular flexibility index (Phi) is 3.88. The summed E-state index contributed by atoms with van der Waals surface area (Å²) in [5.74, 6) is -0.303. The van der Waals surface area contributed by atoms with Crippen LogP contribution in [0.2, 0.25) is 0 Å². The van der Waals surface area contributed by atoms with E-state index in [0.29, 0.717) is 5.69 Å². The van der Waals surface area contributed by atoms with Crippen molar-refractivity contribution >= 4 is 21.7 Å². The van der Waals surface area contributed by atoms with Crippen molar-refractivity contribution in [2.45, 2.75) is 6.61 Å². The fourth-order valence-electron chi connectivity index (χ4n) is 3.67. The maximum Gasteiger partial charge on any atom is 0.123 e. The topological polar surface area (TPSA) is 50.9 Å². The molecular formula is C23H16FN3O. The second-order valence-corrected chi connectivity index (χ2v) is 6.60. The molecule has 0 radical (unpaired) electrons. The van der Waals surface area contributed by atoms with Gasteiger partial charge in [-0.2, -0.15) is 5.10 Å². The molecule has 0 bridgehead atoms. The van der Waals surface area contributed by atoms with Crippen LogP contribution in [0, 0.1) is 5.82 Å². The van der Waals surface area contributed by atoms with Crippen LogP contribution in [0.5, 0.6) is 0 Å². The van der Waals surface area contributed by atoms with Crippen molar-refractivity contribution in [2.75, 3.05) is 0 Å². The van der Waals surface area contributed by atoms with E-state index in [9.17, 15) is 9.50 Å². The first-order valence-corrected chi connectivity index (χ1v) is 8.97. The molecule has 0 saturated heterocycles. The number of pyridine rings is 1. The Morgan fingerprint density at radius 1 is 0.893 bits per heavy atom. The Bertz CT molecular complexity index is 1290. The minimum atomic E-state index is -0.303. The van der Waals surface area contributed by atoms with Crippen LogP contribution < -0.4 is 0 Å². The molecule has 28 heavy (non-hydrogen) atoms. The summed E-state index contributed by atoms with van der Waals surface area (Å²) >= 11 is 0. The van der Waals surface area contributed by atoms with E-state index in [4.69, 9.17) is 0 Å². The van der Waals surface area contributed by atoms with Crippen LogP contribution in [0.3, 0.4) is 0 Å². The van der Waals surface area contributed by atoms with Crippen molar-refractivity contribution in [1.82, 2.24) is 14.8 Å². The molecule has 1 N–H and O–H groups in total. The van der Waals surface area contributed by atoms with E-state index in [1.54, 1.807) is 23.0 Å². The van der Waals surface area contributed by atoms with Crippen LogP contribution in [0.15, 0.2) is 79.1 Å². The predicted octanol–water partition coefficient (Wildman–Crippen LogP) is 4.87. The van der Waals surface area contributed by atoms with Gasteiger partial charge in [-0.15, -0.1) is 0 Å². The third-order valence-electron chi connectivity index (χ3n) is 4.96. The van der Waals surface area contributed by atoms with Crippen molar-refractivity contribution in [3.8, 4) is 16.8 Å². The average molecular weight is 369 g/mol. The van der Waals surface area contributed by atoms with Gasteiger partial charge < -0.3 is 5.11 Å². The van der Waals surface area contributed by atoms with Gasteiger partial charge in [0.25, 0.3) is 0 Å². The van der Waals surface area contributed by atoms with Gasteiger partial charge in [0.1, 0.15) is 5.82 Å². The van der Waals surface area contributed by atoms with Crippen LogP contribution >= 0.6 is 0 Å². The smallest absolute Gasteiger partial charge is 0.123 e. The molecule has 0 fully saturated rings. The third-order valence-corrected chi connectivity index (χ3v) is 4.96. The molecule has 0 amide bonds. The van der Waals surface area contributed by atoms with Gasteiger partial charge in [0.2, 0.25) is 0 Å². The van der Waals surface area contributed by atoms with Crippen molar-refractivity contribution < 1.29 is 9.50 Å². The summed E-state index contributed by atoms with van der Waals surface area (Å²) in [5.41, 5.74) is 4.28. The molecular weight excluding hydrogens is 353 g/mol. The van der Waals surface area contributed by atoms with Crippen molar-refractivity contribution in [2.24, 2.45) is 0 Å². The molecule has 136 valence electrons. The number of aliphatic hydroxyl groups is 1. The highest BCUT2D eigenvalue weighted by Gasteiger charge is 2.17. The average Bonchev–Trinajstić information content (AvgIpc) is 3.13. The Hall–Kier alpha value is -3.57. The molecule has 4 nitrogen and oxygen atoms in total. The number of nitrogens with zero attached hydrogens (tertiary/aromatic N) is 3. The number of fused-ring (bicyclic) bond motifs is 3. The second kappa shape index (κ2) is 6.55. The molecule has 5 rings (SSSR count). The minimum Gasteiger partial charge on any atom is -0.390 e. The van der Waals surface area contributed by atoms with Gasteiger partial charge >= 0.3 is 0 Å². The summed E-state index contributed by atoms with van der Waals surface area (Å²) in [6.45, 7) is -0.185. The lowest BCUT2D eigenvalue weighted by Crippen LogP contribution is -1.98. The predicted molar refractivity (Wildman–Crippen MR) is 108 cm³/mol. The van der Waals surface area contributed by atoms with E-state index < -0.39 is 0 Å². The minimum absolute atomic E-state index is 0.185.